The summed E-state index contributed by atoms with van der Waals surface area (Å²) in [5.74, 6) is 0.785. The van der Waals surface area contributed by atoms with Crippen LogP contribution < -0.4 is 14.6 Å². The summed E-state index contributed by atoms with van der Waals surface area (Å²) in [5, 5.41) is 1.10. The van der Waals surface area contributed by atoms with Crippen molar-refractivity contribution < 1.29 is 14.5 Å². The van der Waals surface area contributed by atoms with Crippen LogP contribution in [-0.4, -0.2) is 26.0 Å². The van der Waals surface area contributed by atoms with E-state index in [1.54, 1.807) is 7.11 Å². The van der Waals surface area contributed by atoms with E-state index in [0.717, 1.165) is 41.0 Å². The molecule has 1 fully saturated rings. The second kappa shape index (κ2) is 6.55. The Bertz CT molecular complexity index is 913. The van der Waals surface area contributed by atoms with Crippen LogP contribution in [0.15, 0.2) is 54.7 Å². The maximum atomic E-state index is 13.2. The van der Waals surface area contributed by atoms with Crippen LogP contribution in [0.2, 0.25) is 0 Å². The summed E-state index contributed by atoms with van der Waals surface area (Å²) in [6.45, 7) is 1.99. The van der Waals surface area contributed by atoms with Crippen molar-refractivity contribution >= 4 is 22.4 Å². The molecular weight excluding hydrogens is 312 g/mol. The number of methoxy groups -OCH3 is 1. The summed E-state index contributed by atoms with van der Waals surface area (Å²) < 4.78 is 5.19. The molecule has 126 valence electrons. The molecule has 4 nitrogen and oxygen atoms in total. The van der Waals surface area contributed by atoms with Crippen LogP contribution in [0.3, 0.4) is 0 Å². The van der Waals surface area contributed by atoms with Gasteiger partial charge in [-0.3, -0.25) is 4.79 Å². The number of pyridine rings is 1. The molecule has 0 aliphatic carbocycles. The fourth-order valence-electron chi connectivity index (χ4n) is 3.53. The van der Waals surface area contributed by atoms with Gasteiger partial charge in [0.2, 0.25) is 11.3 Å². The van der Waals surface area contributed by atoms with E-state index in [2.05, 4.69) is 22.0 Å². The molecule has 0 amide bonds. The highest BCUT2D eigenvalue weighted by Crippen LogP contribution is 2.32. The summed E-state index contributed by atoms with van der Waals surface area (Å²) in [6.07, 6.45) is 4.19. The van der Waals surface area contributed by atoms with Gasteiger partial charge in [-0.1, -0.05) is 12.1 Å². The van der Waals surface area contributed by atoms with Crippen molar-refractivity contribution in [2.45, 2.75) is 12.8 Å². The number of nitrogens with zero attached hydrogens (tertiary/aromatic N) is 1. The average Bonchev–Trinajstić information content (AvgIpc) is 3.21. The van der Waals surface area contributed by atoms with Crippen molar-refractivity contribution in [3.8, 4) is 5.75 Å². The van der Waals surface area contributed by atoms with Crippen LogP contribution in [0, 0.1) is 0 Å². The molecule has 0 bridgehead atoms. The molecule has 4 rings (SSSR count). The molecule has 4 heteroatoms. The number of aromatic nitrogens is 1. The molecule has 3 aromatic rings. The number of rotatable bonds is 4. The zero-order valence-corrected chi connectivity index (χ0v) is 14.3. The number of ketones is 1. The van der Waals surface area contributed by atoms with Gasteiger partial charge in [-0.15, -0.1) is 0 Å². The van der Waals surface area contributed by atoms with Gasteiger partial charge in [0.1, 0.15) is 11.3 Å². The third kappa shape index (κ3) is 2.84. The molecule has 1 saturated heterocycles. The zero-order valence-electron chi connectivity index (χ0n) is 14.3. The third-order valence-electron chi connectivity index (χ3n) is 4.83. The van der Waals surface area contributed by atoms with Gasteiger partial charge >= 0.3 is 0 Å². The smallest absolute Gasteiger partial charge is 0.212 e. The molecule has 1 N–H and O–H groups in total. The maximum absolute atomic E-state index is 13.2. The molecule has 0 unspecified atom stereocenters. The van der Waals surface area contributed by atoms with Gasteiger partial charge in [0.15, 0.2) is 6.20 Å². The summed E-state index contributed by atoms with van der Waals surface area (Å²) in [5.41, 5.74) is 3.50. The summed E-state index contributed by atoms with van der Waals surface area (Å²) in [6, 6.07) is 15.5. The molecule has 2 aromatic carbocycles. The first-order valence-corrected chi connectivity index (χ1v) is 8.65. The molecule has 2 heterocycles. The quantitative estimate of drug-likeness (QED) is 0.687. The monoisotopic (exact) mass is 333 g/mol. The number of hydrogen-bond donors (Lipinski definition) is 0. The molecule has 0 spiro atoms. The van der Waals surface area contributed by atoms with Crippen molar-refractivity contribution in [3.63, 3.8) is 0 Å². The number of carbonyl (C=O) groups is 1. The topological polar surface area (TPSA) is 43.7 Å². The molecule has 1 aromatic heterocycles. The fourth-order valence-corrected chi connectivity index (χ4v) is 3.53. The van der Waals surface area contributed by atoms with Gasteiger partial charge in [-0.2, -0.15) is 0 Å². The lowest BCUT2D eigenvalue weighted by Crippen LogP contribution is -2.23. The number of para-hydroxylation sites is 1. The Morgan fingerprint density at radius 1 is 1.04 bits per heavy atom. The molecular formula is C21H21N2O2+. The number of nitrogens with one attached hydrogen (secondary N) is 1. The second-order valence-corrected chi connectivity index (χ2v) is 6.35. The van der Waals surface area contributed by atoms with E-state index in [0.29, 0.717) is 5.56 Å². The van der Waals surface area contributed by atoms with Crippen LogP contribution in [0.1, 0.15) is 28.8 Å². The van der Waals surface area contributed by atoms with Crippen molar-refractivity contribution in [1.29, 1.82) is 0 Å². The van der Waals surface area contributed by atoms with Gasteiger partial charge in [0.05, 0.1) is 18.2 Å². The van der Waals surface area contributed by atoms with Crippen LogP contribution in [0.25, 0.3) is 10.9 Å². The second-order valence-electron chi connectivity index (χ2n) is 6.35. The predicted octanol–water partition coefficient (Wildman–Crippen LogP) is 3.49. The first-order valence-electron chi connectivity index (χ1n) is 8.65. The Kier molecular flexibility index (Phi) is 4.10. The summed E-state index contributed by atoms with van der Waals surface area (Å²) in [7, 11) is 1.63. The Morgan fingerprint density at radius 3 is 2.48 bits per heavy atom. The van der Waals surface area contributed by atoms with Crippen LogP contribution in [0.4, 0.5) is 5.69 Å². The van der Waals surface area contributed by atoms with Crippen LogP contribution >= 0.6 is 0 Å². The molecule has 0 atom stereocenters. The molecule has 1 aliphatic rings. The number of hydrogen-bond acceptors (Lipinski definition) is 3. The lowest BCUT2D eigenvalue weighted by molar-refractivity contribution is -0.344. The molecule has 0 saturated carbocycles. The van der Waals surface area contributed by atoms with Gasteiger partial charge in [0.25, 0.3) is 0 Å². The summed E-state index contributed by atoms with van der Waals surface area (Å²) >= 11 is 0. The predicted molar refractivity (Wildman–Crippen MR) is 98.4 cm³/mol. The number of carbonyl (C=O) groups excluding carboxylic acids is 1. The SMILES string of the molecule is COc1ccc(C(=O)c2c[nH+]c3ccccc3c2N2CCCC2)cc1. The van der Waals surface area contributed by atoms with Crippen molar-refractivity contribution in [2.24, 2.45) is 0 Å². The van der Waals surface area contributed by atoms with E-state index in [1.165, 1.54) is 12.8 Å². The number of anilines is 1. The fraction of sp³-hybridized carbons (Fsp3) is 0.238. The zero-order chi connectivity index (χ0) is 17.2. The van der Waals surface area contributed by atoms with E-state index in [1.807, 2.05) is 42.6 Å². The maximum Gasteiger partial charge on any atom is 0.212 e. The number of aromatic amines is 1. The standard InChI is InChI=1S/C21H20N2O2/c1-25-16-10-8-15(9-11-16)21(24)18-14-22-19-7-3-2-6-17(19)20(18)23-12-4-5-13-23/h2-3,6-11,14H,4-5,12-13H2,1H3/p+1. The van der Waals surface area contributed by atoms with E-state index in [-0.39, 0.29) is 5.78 Å². The highest BCUT2D eigenvalue weighted by atomic mass is 16.5. The van der Waals surface area contributed by atoms with E-state index >= 15 is 0 Å². The van der Waals surface area contributed by atoms with E-state index < -0.39 is 0 Å². The Labute approximate surface area is 147 Å². The van der Waals surface area contributed by atoms with Crippen molar-refractivity contribution in [2.75, 3.05) is 25.1 Å². The Balaban J connectivity index is 1.85. The molecule has 25 heavy (non-hydrogen) atoms. The van der Waals surface area contributed by atoms with Gasteiger partial charge in [-0.25, -0.2) is 4.98 Å². The van der Waals surface area contributed by atoms with Crippen LogP contribution in [-0.2, 0) is 0 Å². The minimum Gasteiger partial charge on any atom is -0.497 e. The number of H-pyrrole nitrogens is 1. The van der Waals surface area contributed by atoms with Crippen molar-refractivity contribution in [1.82, 2.24) is 0 Å². The summed E-state index contributed by atoms with van der Waals surface area (Å²) in [4.78, 5) is 18.8. The minimum absolute atomic E-state index is 0.0338. The number of ether oxygens (including phenoxy) is 1. The number of benzene rings is 2. The third-order valence-corrected chi connectivity index (χ3v) is 4.83. The normalized spacial score (nSPS) is 14.0. The lowest BCUT2D eigenvalue weighted by atomic mass is 10.00. The van der Waals surface area contributed by atoms with Gasteiger partial charge in [-0.05, 0) is 43.2 Å². The average molecular weight is 333 g/mol. The number of fused-ring (bicyclic) bond motifs is 1. The van der Waals surface area contributed by atoms with Crippen molar-refractivity contribution in [3.05, 3.63) is 65.9 Å². The first kappa shape index (κ1) is 15.6. The minimum atomic E-state index is 0.0338. The Hall–Kier alpha value is -2.88. The van der Waals surface area contributed by atoms with Gasteiger partial charge in [0, 0.05) is 24.7 Å². The van der Waals surface area contributed by atoms with Crippen LogP contribution in [0.5, 0.6) is 5.75 Å². The first-order chi connectivity index (χ1) is 12.3. The van der Waals surface area contributed by atoms with E-state index in [4.69, 9.17) is 4.74 Å². The molecule has 1 aliphatic heterocycles. The molecule has 0 radical (unpaired) electrons. The lowest BCUT2D eigenvalue weighted by Gasteiger charge is -2.21. The van der Waals surface area contributed by atoms with Gasteiger partial charge < -0.3 is 9.64 Å². The highest BCUT2D eigenvalue weighted by molar-refractivity contribution is 6.15. The highest BCUT2D eigenvalue weighted by Gasteiger charge is 2.25. The Morgan fingerprint density at radius 2 is 1.76 bits per heavy atom. The van der Waals surface area contributed by atoms with E-state index in [9.17, 15) is 4.79 Å². The largest absolute Gasteiger partial charge is 0.497 e.